The van der Waals surface area contributed by atoms with Gasteiger partial charge in [-0.1, -0.05) is 31.0 Å². The maximum absolute atomic E-state index is 6.10. The summed E-state index contributed by atoms with van der Waals surface area (Å²) in [5, 5.41) is 4.22. The highest BCUT2D eigenvalue weighted by Crippen LogP contribution is 2.29. The molecule has 100 valence electrons. The van der Waals surface area contributed by atoms with Gasteiger partial charge in [0.05, 0.1) is 12.1 Å². The van der Waals surface area contributed by atoms with Crippen LogP contribution >= 0.6 is 11.6 Å². The van der Waals surface area contributed by atoms with Crippen LogP contribution in [-0.4, -0.2) is 13.7 Å². The SMILES string of the molecule is COc1ccc(CNCC2CCC(C)C2)cc1Cl. The van der Waals surface area contributed by atoms with E-state index < -0.39 is 0 Å². The van der Waals surface area contributed by atoms with Gasteiger partial charge in [0, 0.05) is 6.54 Å². The monoisotopic (exact) mass is 267 g/mol. The van der Waals surface area contributed by atoms with Crippen molar-refractivity contribution in [3.8, 4) is 5.75 Å². The Hall–Kier alpha value is -0.730. The molecule has 2 unspecified atom stereocenters. The summed E-state index contributed by atoms with van der Waals surface area (Å²) >= 11 is 6.10. The van der Waals surface area contributed by atoms with Gasteiger partial charge in [-0.2, -0.15) is 0 Å². The van der Waals surface area contributed by atoms with Crippen LogP contribution in [0.3, 0.4) is 0 Å². The number of methoxy groups -OCH3 is 1. The minimum absolute atomic E-state index is 0.686. The highest BCUT2D eigenvalue weighted by Gasteiger charge is 2.20. The molecule has 2 rings (SSSR count). The third kappa shape index (κ3) is 3.63. The number of hydrogen-bond acceptors (Lipinski definition) is 2. The second kappa shape index (κ2) is 6.44. The van der Waals surface area contributed by atoms with E-state index in [-0.39, 0.29) is 0 Å². The van der Waals surface area contributed by atoms with Crippen molar-refractivity contribution in [1.82, 2.24) is 5.32 Å². The quantitative estimate of drug-likeness (QED) is 0.874. The van der Waals surface area contributed by atoms with Crippen LogP contribution in [0.4, 0.5) is 0 Å². The lowest BCUT2D eigenvalue weighted by atomic mass is 10.1. The van der Waals surface area contributed by atoms with Crippen molar-refractivity contribution in [1.29, 1.82) is 0 Å². The summed E-state index contributed by atoms with van der Waals surface area (Å²) < 4.78 is 5.15. The summed E-state index contributed by atoms with van der Waals surface area (Å²) in [5.74, 6) is 2.51. The van der Waals surface area contributed by atoms with Crippen LogP contribution in [0.2, 0.25) is 5.02 Å². The Balaban J connectivity index is 1.78. The molecule has 0 saturated heterocycles. The van der Waals surface area contributed by atoms with E-state index >= 15 is 0 Å². The normalized spacial score (nSPS) is 23.3. The number of nitrogens with one attached hydrogen (secondary N) is 1. The van der Waals surface area contributed by atoms with Gasteiger partial charge in [0.25, 0.3) is 0 Å². The second-order valence-corrected chi connectivity index (χ2v) is 5.79. The fourth-order valence-electron chi connectivity index (χ4n) is 2.75. The van der Waals surface area contributed by atoms with E-state index in [1.807, 2.05) is 12.1 Å². The number of halogens is 1. The Morgan fingerprint density at radius 1 is 1.39 bits per heavy atom. The van der Waals surface area contributed by atoms with Gasteiger partial charge >= 0.3 is 0 Å². The molecule has 1 aromatic rings. The third-order valence-corrected chi connectivity index (χ3v) is 4.08. The fourth-order valence-corrected chi connectivity index (χ4v) is 3.03. The molecule has 1 aromatic carbocycles. The van der Waals surface area contributed by atoms with Crippen molar-refractivity contribution in [3.05, 3.63) is 28.8 Å². The largest absolute Gasteiger partial charge is 0.495 e. The first-order valence-corrected chi connectivity index (χ1v) is 7.10. The summed E-state index contributed by atoms with van der Waals surface area (Å²) in [6.07, 6.45) is 4.13. The van der Waals surface area contributed by atoms with Crippen LogP contribution in [0.5, 0.6) is 5.75 Å². The maximum Gasteiger partial charge on any atom is 0.137 e. The maximum atomic E-state index is 6.10. The smallest absolute Gasteiger partial charge is 0.137 e. The number of hydrogen-bond donors (Lipinski definition) is 1. The second-order valence-electron chi connectivity index (χ2n) is 5.38. The molecule has 1 aliphatic rings. The summed E-state index contributed by atoms with van der Waals surface area (Å²) in [6.45, 7) is 4.35. The molecule has 0 aliphatic heterocycles. The molecule has 18 heavy (non-hydrogen) atoms. The van der Waals surface area contributed by atoms with Gasteiger partial charge in [-0.25, -0.2) is 0 Å². The van der Waals surface area contributed by atoms with Gasteiger partial charge in [-0.05, 0) is 48.9 Å². The van der Waals surface area contributed by atoms with E-state index in [4.69, 9.17) is 16.3 Å². The fraction of sp³-hybridized carbons (Fsp3) is 0.600. The molecule has 0 aromatic heterocycles. The van der Waals surface area contributed by atoms with E-state index in [0.29, 0.717) is 5.02 Å². The molecular formula is C15H22ClNO. The topological polar surface area (TPSA) is 21.3 Å². The Labute approximate surface area is 115 Å². The van der Waals surface area contributed by atoms with Crippen molar-refractivity contribution < 1.29 is 4.74 Å². The first-order valence-electron chi connectivity index (χ1n) is 6.72. The molecule has 0 radical (unpaired) electrons. The standard InChI is InChI=1S/C15H22ClNO/c1-11-3-4-12(7-11)9-17-10-13-5-6-15(18-2)14(16)8-13/h5-6,8,11-12,17H,3-4,7,9-10H2,1-2H3. The predicted octanol–water partition coefficient (Wildman–Crippen LogP) is 3.87. The average molecular weight is 268 g/mol. The van der Waals surface area contributed by atoms with Crippen molar-refractivity contribution >= 4 is 11.6 Å². The van der Waals surface area contributed by atoms with E-state index in [0.717, 1.165) is 30.7 Å². The molecule has 1 N–H and O–H groups in total. The van der Waals surface area contributed by atoms with Gasteiger partial charge in [-0.15, -0.1) is 0 Å². The Morgan fingerprint density at radius 3 is 2.83 bits per heavy atom. The van der Waals surface area contributed by atoms with Gasteiger partial charge in [-0.3, -0.25) is 0 Å². The predicted molar refractivity (Wildman–Crippen MR) is 76.2 cm³/mol. The lowest BCUT2D eigenvalue weighted by Crippen LogP contribution is -2.20. The molecule has 0 spiro atoms. The van der Waals surface area contributed by atoms with Crippen LogP contribution in [0.1, 0.15) is 31.7 Å². The zero-order valence-corrected chi connectivity index (χ0v) is 12.0. The van der Waals surface area contributed by atoms with Crippen molar-refractivity contribution in [2.75, 3.05) is 13.7 Å². The Kier molecular flexibility index (Phi) is 4.90. The van der Waals surface area contributed by atoms with E-state index in [1.165, 1.54) is 24.8 Å². The number of ether oxygens (including phenoxy) is 1. The molecule has 0 bridgehead atoms. The van der Waals surface area contributed by atoms with Crippen molar-refractivity contribution in [2.45, 2.75) is 32.7 Å². The Bertz CT molecular complexity index is 394. The van der Waals surface area contributed by atoms with E-state index in [2.05, 4.69) is 18.3 Å². The average Bonchev–Trinajstić information content (AvgIpc) is 2.75. The van der Waals surface area contributed by atoms with Gasteiger partial charge < -0.3 is 10.1 Å². The lowest BCUT2D eigenvalue weighted by Gasteiger charge is -2.12. The third-order valence-electron chi connectivity index (χ3n) is 3.78. The van der Waals surface area contributed by atoms with Crippen LogP contribution in [0.15, 0.2) is 18.2 Å². The highest BCUT2D eigenvalue weighted by atomic mass is 35.5. The molecule has 1 aliphatic carbocycles. The molecule has 2 nitrogen and oxygen atoms in total. The van der Waals surface area contributed by atoms with Crippen LogP contribution < -0.4 is 10.1 Å². The van der Waals surface area contributed by atoms with Gasteiger partial charge in [0.2, 0.25) is 0 Å². The molecule has 3 heteroatoms. The Morgan fingerprint density at radius 2 is 2.22 bits per heavy atom. The zero-order valence-electron chi connectivity index (χ0n) is 11.2. The number of benzene rings is 1. The van der Waals surface area contributed by atoms with Gasteiger partial charge in [0.1, 0.15) is 5.75 Å². The molecule has 1 fully saturated rings. The molecule has 0 amide bonds. The summed E-state index contributed by atoms with van der Waals surface area (Å²) in [5.41, 5.74) is 1.21. The molecule has 0 heterocycles. The zero-order chi connectivity index (χ0) is 13.0. The first kappa shape index (κ1) is 13.7. The first-order chi connectivity index (χ1) is 8.69. The minimum Gasteiger partial charge on any atom is -0.495 e. The van der Waals surface area contributed by atoms with Crippen LogP contribution in [0, 0.1) is 11.8 Å². The molecule has 2 atom stereocenters. The summed E-state index contributed by atoms with van der Waals surface area (Å²) in [4.78, 5) is 0. The van der Waals surface area contributed by atoms with E-state index in [9.17, 15) is 0 Å². The molecular weight excluding hydrogens is 246 g/mol. The van der Waals surface area contributed by atoms with Crippen LogP contribution in [0.25, 0.3) is 0 Å². The van der Waals surface area contributed by atoms with Gasteiger partial charge in [0.15, 0.2) is 0 Å². The summed E-state index contributed by atoms with van der Waals surface area (Å²) in [7, 11) is 1.64. The summed E-state index contributed by atoms with van der Waals surface area (Å²) in [6, 6.07) is 5.97. The minimum atomic E-state index is 0.686. The lowest BCUT2D eigenvalue weighted by molar-refractivity contribution is 0.414. The molecule has 1 saturated carbocycles. The van der Waals surface area contributed by atoms with Crippen LogP contribution in [-0.2, 0) is 6.54 Å². The highest BCUT2D eigenvalue weighted by molar-refractivity contribution is 6.32. The van der Waals surface area contributed by atoms with Crippen molar-refractivity contribution in [2.24, 2.45) is 11.8 Å². The van der Waals surface area contributed by atoms with Crippen molar-refractivity contribution in [3.63, 3.8) is 0 Å². The van der Waals surface area contributed by atoms with E-state index in [1.54, 1.807) is 7.11 Å². The number of rotatable bonds is 5.